The minimum Gasteiger partial charge on any atom is -0.316 e. The zero-order valence-electron chi connectivity index (χ0n) is 10.5. The van der Waals surface area contributed by atoms with E-state index in [4.69, 9.17) is 0 Å². The fraction of sp³-hybridized carbons (Fsp3) is 1.00. The van der Waals surface area contributed by atoms with Crippen molar-refractivity contribution in [1.82, 2.24) is 10.0 Å². The molecule has 0 aromatic heterocycles. The highest BCUT2D eigenvalue weighted by Crippen LogP contribution is 2.16. The molecule has 1 heterocycles. The van der Waals surface area contributed by atoms with E-state index in [1.165, 1.54) is 6.42 Å². The van der Waals surface area contributed by atoms with Crippen molar-refractivity contribution in [3.05, 3.63) is 0 Å². The van der Waals surface area contributed by atoms with E-state index in [1.807, 2.05) is 20.8 Å². The average molecular weight is 248 g/mol. The summed E-state index contributed by atoms with van der Waals surface area (Å²) in [5.41, 5.74) is -0.180. The SMILES string of the molecule is CC(C)(C)CS(=O)(=O)NCCC1CCNC1. The Morgan fingerprint density at radius 1 is 1.38 bits per heavy atom. The maximum Gasteiger partial charge on any atom is 0.212 e. The Bertz CT molecular complexity index is 300. The molecule has 96 valence electrons. The van der Waals surface area contributed by atoms with Crippen LogP contribution >= 0.6 is 0 Å². The van der Waals surface area contributed by atoms with Gasteiger partial charge in [0.2, 0.25) is 10.0 Å². The third-order valence-corrected chi connectivity index (χ3v) is 4.55. The summed E-state index contributed by atoms with van der Waals surface area (Å²) in [5, 5.41) is 3.28. The predicted octanol–water partition coefficient (Wildman–Crippen LogP) is 0.952. The van der Waals surface area contributed by atoms with Gasteiger partial charge in [0.25, 0.3) is 0 Å². The summed E-state index contributed by atoms with van der Waals surface area (Å²) >= 11 is 0. The van der Waals surface area contributed by atoms with Crippen LogP contribution in [0.15, 0.2) is 0 Å². The fourth-order valence-corrected chi connectivity index (χ4v) is 3.67. The van der Waals surface area contributed by atoms with Crippen LogP contribution in [0.3, 0.4) is 0 Å². The Balaban J connectivity index is 2.25. The van der Waals surface area contributed by atoms with E-state index in [-0.39, 0.29) is 11.2 Å². The smallest absolute Gasteiger partial charge is 0.212 e. The number of nitrogens with one attached hydrogen (secondary N) is 2. The summed E-state index contributed by atoms with van der Waals surface area (Å²) in [6, 6.07) is 0. The van der Waals surface area contributed by atoms with Crippen molar-refractivity contribution in [3.63, 3.8) is 0 Å². The van der Waals surface area contributed by atoms with Crippen LogP contribution in [-0.4, -0.2) is 33.8 Å². The molecule has 5 heteroatoms. The van der Waals surface area contributed by atoms with Gasteiger partial charge in [-0.1, -0.05) is 20.8 Å². The lowest BCUT2D eigenvalue weighted by atomic mass is 10.0. The minimum absolute atomic E-state index is 0.180. The van der Waals surface area contributed by atoms with Crippen LogP contribution in [0.2, 0.25) is 0 Å². The van der Waals surface area contributed by atoms with Crippen LogP contribution in [0.4, 0.5) is 0 Å². The van der Waals surface area contributed by atoms with Gasteiger partial charge in [-0.2, -0.15) is 0 Å². The van der Waals surface area contributed by atoms with Gasteiger partial charge in [0.1, 0.15) is 0 Å². The normalized spacial score (nSPS) is 22.6. The molecule has 1 rings (SSSR count). The summed E-state index contributed by atoms with van der Waals surface area (Å²) in [6.07, 6.45) is 2.11. The van der Waals surface area contributed by atoms with Gasteiger partial charge < -0.3 is 5.32 Å². The highest BCUT2D eigenvalue weighted by Gasteiger charge is 2.21. The number of hydrogen-bond donors (Lipinski definition) is 2. The Labute approximate surface area is 99.2 Å². The van der Waals surface area contributed by atoms with Crippen LogP contribution in [0.1, 0.15) is 33.6 Å². The number of sulfonamides is 1. The number of rotatable bonds is 5. The van der Waals surface area contributed by atoms with Gasteiger partial charge in [-0.15, -0.1) is 0 Å². The van der Waals surface area contributed by atoms with Crippen LogP contribution in [0.5, 0.6) is 0 Å². The van der Waals surface area contributed by atoms with Crippen molar-refractivity contribution >= 4 is 10.0 Å². The molecule has 1 aliphatic rings. The third-order valence-electron chi connectivity index (χ3n) is 2.66. The van der Waals surface area contributed by atoms with Crippen LogP contribution in [0.25, 0.3) is 0 Å². The molecule has 0 aromatic carbocycles. The lowest BCUT2D eigenvalue weighted by molar-refractivity contribution is 0.455. The molecule has 0 amide bonds. The first-order valence-corrected chi connectivity index (χ1v) is 7.62. The highest BCUT2D eigenvalue weighted by atomic mass is 32.2. The Hall–Kier alpha value is -0.130. The van der Waals surface area contributed by atoms with E-state index in [0.29, 0.717) is 12.5 Å². The van der Waals surface area contributed by atoms with Crippen molar-refractivity contribution in [1.29, 1.82) is 0 Å². The summed E-state index contributed by atoms with van der Waals surface area (Å²) in [6.45, 7) is 8.48. The maximum atomic E-state index is 11.7. The molecule has 1 fully saturated rings. The first-order chi connectivity index (χ1) is 7.29. The second kappa shape index (κ2) is 5.47. The van der Waals surface area contributed by atoms with Gasteiger partial charge in [-0.25, -0.2) is 13.1 Å². The zero-order valence-corrected chi connectivity index (χ0v) is 11.4. The fourth-order valence-electron chi connectivity index (χ4n) is 2.00. The standard InChI is InChI=1S/C11H24N2O2S/c1-11(2,3)9-16(14,15)13-7-5-10-4-6-12-8-10/h10,12-13H,4-9H2,1-3H3. The van der Waals surface area contributed by atoms with Crippen molar-refractivity contribution in [2.24, 2.45) is 11.3 Å². The molecule has 4 nitrogen and oxygen atoms in total. The summed E-state index contributed by atoms with van der Waals surface area (Å²) in [5.74, 6) is 0.834. The van der Waals surface area contributed by atoms with Gasteiger partial charge in [0.05, 0.1) is 5.75 Å². The van der Waals surface area contributed by atoms with Gasteiger partial charge in [-0.3, -0.25) is 0 Å². The lowest BCUT2D eigenvalue weighted by Gasteiger charge is -2.18. The Morgan fingerprint density at radius 2 is 2.06 bits per heavy atom. The van der Waals surface area contributed by atoms with Gasteiger partial charge >= 0.3 is 0 Å². The lowest BCUT2D eigenvalue weighted by Crippen LogP contribution is -2.33. The van der Waals surface area contributed by atoms with E-state index < -0.39 is 10.0 Å². The van der Waals surface area contributed by atoms with E-state index in [0.717, 1.165) is 19.5 Å². The van der Waals surface area contributed by atoms with E-state index in [9.17, 15) is 8.42 Å². The predicted molar refractivity (Wildman–Crippen MR) is 66.8 cm³/mol. The molecule has 1 atom stereocenters. The molecule has 0 aromatic rings. The topological polar surface area (TPSA) is 58.2 Å². The highest BCUT2D eigenvalue weighted by molar-refractivity contribution is 7.89. The Morgan fingerprint density at radius 3 is 2.56 bits per heavy atom. The van der Waals surface area contributed by atoms with Gasteiger partial charge in [0.15, 0.2) is 0 Å². The van der Waals surface area contributed by atoms with E-state index in [1.54, 1.807) is 0 Å². The van der Waals surface area contributed by atoms with Crippen LogP contribution in [-0.2, 0) is 10.0 Å². The third kappa shape index (κ3) is 5.82. The molecule has 0 spiro atoms. The van der Waals surface area contributed by atoms with Crippen molar-refractivity contribution in [2.75, 3.05) is 25.4 Å². The van der Waals surface area contributed by atoms with Gasteiger partial charge in [-0.05, 0) is 37.3 Å². The van der Waals surface area contributed by atoms with Gasteiger partial charge in [0, 0.05) is 6.54 Å². The first-order valence-electron chi connectivity index (χ1n) is 5.97. The summed E-state index contributed by atoms with van der Waals surface area (Å²) in [7, 11) is -3.10. The van der Waals surface area contributed by atoms with Crippen molar-refractivity contribution in [2.45, 2.75) is 33.6 Å². The molecule has 16 heavy (non-hydrogen) atoms. The first kappa shape index (κ1) is 13.9. The maximum absolute atomic E-state index is 11.7. The molecule has 0 aliphatic carbocycles. The molecule has 2 N–H and O–H groups in total. The quantitative estimate of drug-likeness (QED) is 0.761. The molecular formula is C11H24N2O2S. The Kier molecular flexibility index (Phi) is 4.76. The second-order valence-electron chi connectivity index (χ2n) is 5.86. The summed E-state index contributed by atoms with van der Waals surface area (Å²) < 4.78 is 26.1. The van der Waals surface area contributed by atoms with E-state index >= 15 is 0 Å². The molecule has 0 bridgehead atoms. The summed E-state index contributed by atoms with van der Waals surface area (Å²) in [4.78, 5) is 0. The molecular weight excluding hydrogens is 224 g/mol. The molecule has 1 unspecified atom stereocenters. The van der Waals surface area contributed by atoms with Crippen LogP contribution < -0.4 is 10.0 Å². The monoisotopic (exact) mass is 248 g/mol. The average Bonchev–Trinajstić information content (AvgIpc) is 2.51. The van der Waals surface area contributed by atoms with Crippen molar-refractivity contribution < 1.29 is 8.42 Å². The largest absolute Gasteiger partial charge is 0.316 e. The van der Waals surface area contributed by atoms with Crippen LogP contribution in [0, 0.1) is 11.3 Å². The van der Waals surface area contributed by atoms with E-state index in [2.05, 4.69) is 10.0 Å². The zero-order chi connectivity index (χ0) is 12.2. The molecule has 0 radical (unpaired) electrons. The van der Waals surface area contributed by atoms with Crippen molar-refractivity contribution in [3.8, 4) is 0 Å². The molecule has 1 aliphatic heterocycles. The molecule has 0 saturated carbocycles. The number of hydrogen-bond acceptors (Lipinski definition) is 3. The second-order valence-corrected chi connectivity index (χ2v) is 7.67. The molecule has 1 saturated heterocycles. The minimum atomic E-state index is -3.10.